The van der Waals surface area contributed by atoms with Crippen molar-refractivity contribution >= 4 is 5.91 Å². The summed E-state index contributed by atoms with van der Waals surface area (Å²) < 4.78 is 23.3. The first kappa shape index (κ1) is 11.0. The number of hydrogen-bond donors (Lipinski definition) is 2. The van der Waals surface area contributed by atoms with E-state index in [0.29, 0.717) is 0 Å². The molecule has 70 valence electrons. The highest BCUT2D eigenvalue weighted by Gasteiger charge is 2.16. The van der Waals surface area contributed by atoms with Crippen molar-refractivity contribution < 1.29 is 18.7 Å². The summed E-state index contributed by atoms with van der Waals surface area (Å²) in [6.07, 6.45) is -3.20. The van der Waals surface area contributed by atoms with Gasteiger partial charge in [-0.3, -0.25) is 4.79 Å². The Morgan fingerprint density at radius 2 is 2.25 bits per heavy atom. The van der Waals surface area contributed by atoms with Crippen LogP contribution in [0.25, 0.3) is 0 Å². The molecule has 0 spiro atoms. The first-order valence-electron chi connectivity index (χ1n) is 3.41. The molecule has 0 aromatic heterocycles. The number of aliphatic hydroxyl groups is 1. The maximum atomic E-state index is 11.6. The molecule has 1 atom stereocenters. The smallest absolute Gasteiger partial charge is 0.265 e. The van der Waals surface area contributed by atoms with Crippen LogP contribution >= 0.6 is 0 Å². The van der Waals surface area contributed by atoms with Gasteiger partial charge >= 0.3 is 0 Å². The number of aliphatic hydroxyl groups excluding tert-OH is 1. The Balaban J connectivity index is 3.53. The third-order valence-electron chi connectivity index (χ3n) is 1.13. The average Bonchev–Trinajstić information content (AvgIpc) is 2.00. The van der Waals surface area contributed by atoms with E-state index in [1.807, 2.05) is 0 Å². The predicted molar refractivity (Wildman–Crippen MR) is 39.8 cm³/mol. The van der Waals surface area contributed by atoms with E-state index in [1.165, 1.54) is 6.08 Å². The van der Waals surface area contributed by atoms with Crippen LogP contribution in [0, 0.1) is 0 Å². The number of nitrogens with one attached hydrogen (secondary N) is 1. The largest absolute Gasteiger partial charge is 0.385 e. The monoisotopic (exact) mass is 179 g/mol. The minimum Gasteiger partial charge on any atom is -0.385 e. The molecule has 0 saturated carbocycles. The number of carbonyl (C=O) groups excluding carboxylic acids is 1. The molecule has 0 aliphatic heterocycles. The molecule has 0 aromatic rings. The second-order valence-electron chi connectivity index (χ2n) is 2.20. The Hall–Kier alpha value is -0.970. The summed E-state index contributed by atoms with van der Waals surface area (Å²) in [5, 5.41) is 10.7. The number of amides is 1. The average molecular weight is 179 g/mol. The van der Waals surface area contributed by atoms with Crippen LogP contribution < -0.4 is 5.32 Å². The van der Waals surface area contributed by atoms with Crippen molar-refractivity contribution in [1.82, 2.24) is 5.32 Å². The van der Waals surface area contributed by atoms with Gasteiger partial charge in [-0.1, -0.05) is 6.08 Å². The molecular weight excluding hydrogens is 168 g/mol. The second-order valence-corrected chi connectivity index (χ2v) is 2.20. The zero-order valence-corrected chi connectivity index (χ0v) is 6.46. The van der Waals surface area contributed by atoms with Crippen molar-refractivity contribution in [3.05, 3.63) is 12.7 Å². The molecule has 0 rings (SSSR count). The summed E-state index contributed by atoms with van der Waals surface area (Å²) in [6, 6.07) is 0. The molecule has 0 saturated heterocycles. The van der Waals surface area contributed by atoms with Crippen LogP contribution in [0.15, 0.2) is 12.7 Å². The van der Waals surface area contributed by atoms with Crippen molar-refractivity contribution in [2.24, 2.45) is 0 Å². The van der Waals surface area contributed by atoms with E-state index in [9.17, 15) is 13.6 Å². The highest BCUT2D eigenvalue weighted by atomic mass is 19.3. The Kier molecular flexibility index (Phi) is 5.19. The SMILES string of the molecule is C=CCC(=O)NCC(O)C(F)F. The molecule has 12 heavy (non-hydrogen) atoms. The van der Waals surface area contributed by atoms with E-state index in [0.717, 1.165) is 0 Å². The standard InChI is InChI=1S/C7H11F2NO2/c1-2-3-6(12)10-4-5(11)7(8)9/h2,5,7,11H,1,3-4H2,(H,10,12). The van der Waals surface area contributed by atoms with Crippen LogP contribution in [0.1, 0.15) is 6.42 Å². The Bertz CT molecular complexity index is 161. The quantitative estimate of drug-likeness (QED) is 0.596. The first-order valence-corrected chi connectivity index (χ1v) is 3.41. The molecule has 1 unspecified atom stereocenters. The highest BCUT2D eigenvalue weighted by Crippen LogP contribution is 1.98. The van der Waals surface area contributed by atoms with Crippen molar-refractivity contribution in [2.45, 2.75) is 19.0 Å². The zero-order valence-electron chi connectivity index (χ0n) is 6.46. The summed E-state index contributed by atoms with van der Waals surface area (Å²) in [5.74, 6) is -0.426. The summed E-state index contributed by atoms with van der Waals surface area (Å²) in [6.45, 7) is 2.87. The number of hydrogen-bond acceptors (Lipinski definition) is 2. The van der Waals surface area contributed by atoms with Crippen LogP contribution in [0.3, 0.4) is 0 Å². The molecule has 5 heteroatoms. The molecule has 0 aromatic carbocycles. The van der Waals surface area contributed by atoms with Gasteiger partial charge in [0.25, 0.3) is 6.43 Å². The Morgan fingerprint density at radius 3 is 2.67 bits per heavy atom. The molecule has 2 N–H and O–H groups in total. The first-order chi connectivity index (χ1) is 5.57. The summed E-state index contributed by atoms with van der Waals surface area (Å²) in [7, 11) is 0. The minimum absolute atomic E-state index is 0.0654. The third-order valence-corrected chi connectivity index (χ3v) is 1.13. The van der Waals surface area contributed by atoms with Crippen molar-refractivity contribution in [3.63, 3.8) is 0 Å². The minimum atomic E-state index is -2.82. The van der Waals surface area contributed by atoms with E-state index in [2.05, 4.69) is 11.9 Å². The van der Waals surface area contributed by atoms with Crippen LogP contribution in [0.4, 0.5) is 8.78 Å². The molecule has 0 bridgehead atoms. The lowest BCUT2D eigenvalue weighted by Crippen LogP contribution is -2.35. The van der Waals surface area contributed by atoms with E-state index < -0.39 is 25.0 Å². The van der Waals surface area contributed by atoms with Gasteiger partial charge in [0.1, 0.15) is 6.10 Å². The highest BCUT2D eigenvalue weighted by molar-refractivity contribution is 5.77. The molecule has 0 heterocycles. The predicted octanol–water partition coefficient (Wildman–Crippen LogP) is 0.305. The van der Waals surface area contributed by atoms with Gasteiger partial charge in [-0.2, -0.15) is 0 Å². The van der Waals surface area contributed by atoms with Gasteiger partial charge in [0.05, 0.1) is 0 Å². The molecule has 3 nitrogen and oxygen atoms in total. The summed E-state index contributed by atoms with van der Waals surface area (Å²) in [4.78, 5) is 10.6. The molecule has 0 aliphatic rings. The van der Waals surface area contributed by atoms with Crippen molar-refractivity contribution in [1.29, 1.82) is 0 Å². The fourth-order valence-electron chi connectivity index (χ4n) is 0.511. The fourth-order valence-corrected chi connectivity index (χ4v) is 0.511. The number of halogens is 2. The van der Waals surface area contributed by atoms with Gasteiger partial charge in [0.2, 0.25) is 5.91 Å². The van der Waals surface area contributed by atoms with Gasteiger partial charge in [-0.25, -0.2) is 8.78 Å². The van der Waals surface area contributed by atoms with Crippen molar-refractivity contribution in [2.75, 3.05) is 6.54 Å². The molecule has 0 fully saturated rings. The van der Waals surface area contributed by atoms with E-state index in [-0.39, 0.29) is 6.42 Å². The van der Waals surface area contributed by atoms with Crippen LogP contribution in [0.5, 0.6) is 0 Å². The van der Waals surface area contributed by atoms with Gasteiger partial charge in [0, 0.05) is 13.0 Å². The number of rotatable bonds is 5. The van der Waals surface area contributed by atoms with Gasteiger partial charge < -0.3 is 10.4 Å². The fraction of sp³-hybridized carbons (Fsp3) is 0.571. The molecule has 0 radical (unpaired) electrons. The topological polar surface area (TPSA) is 49.3 Å². The lowest BCUT2D eigenvalue weighted by atomic mass is 10.3. The van der Waals surface area contributed by atoms with E-state index >= 15 is 0 Å². The van der Waals surface area contributed by atoms with E-state index in [4.69, 9.17) is 5.11 Å². The summed E-state index contributed by atoms with van der Waals surface area (Å²) in [5.41, 5.74) is 0. The van der Waals surface area contributed by atoms with Crippen LogP contribution in [0.2, 0.25) is 0 Å². The Labute approximate surface area is 69.1 Å². The normalized spacial score (nSPS) is 12.7. The number of carbonyl (C=O) groups is 1. The lowest BCUT2D eigenvalue weighted by Gasteiger charge is -2.09. The van der Waals surface area contributed by atoms with Gasteiger partial charge in [-0.15, -0.1) is 6.58 Å². The maximum absolute atomic E-state index is 11.6. The second kappa shape index (κ2) is 5.65. The third kappa shape index (κ3) is 4.79. The number of alkyl halides is 2. The van der Waals surface area contributed by atoms with Crippen LogP contribution in [-0.2, 0) is 4.79 Å². The molecule has 1 amide bonds. The molecular formula is C7H11F2NO2. The van der Waals surface area contributed by atoms with Gasteiger partial charge in [-0.05, 0) is 0 Å². The zero-order chi connectivity index (χ0) is 9.56. The Morgan fingerprint density at radius 1 is 1.67 bits per heavy atom. The van der Waals surface area contributed by atoms with Crippen LogP contribution in [-0.4, -0.2) is 30.1 Å². The maximum Gasteiger partial charge on any atom is 0.265 e. The molecule has 0 aliphatic carbocycles. The van der Waals surface area contributed by atoms with Gasteiger partial charge in [0.15, 0.2) is 0 Å². The summed E-state index contributed by atoms with van der Waals surface area (Å²) >= 11 is 0. The van der Waals surface area contributed by atoms with E-state index in [1.54, 1.807) is 0 Å². The van der Waals surface area contributed by atoms with Crippen molar-refractivity contribution in [3.8, 4) is 0 Å². The lowest BCUT2D eigenvalue weighted by molar-refractivity contribution is -0.121.